The van der Waals surface area contributed by atoms with Crippen LogP contribution in [0, 0.1) is 0 Å². The van der Waals surface area contributed by atoms with Crippen LogP contribution >= 0.6 is 0 Å². The van der Waals surface area contributed by atoms with Gasteiger partial charge in [-0.3, -0.25) is 4.57 Å². The molecule has 0 spiro atoms. The molecule has 204 valence electrons. The SMILES string of the molecule is CCc1nc2ccccc2n1-c1ccc(-c2ccc3oc4ccc(-c5ccc6oc7ccccc7c6c5)cc4c3c2)cc1. The molecule has 43 heavy (non-hydrogen) atoms. The Morgan fingerprint density at radius 2 is 1.02 bits per heavy atom. The summed E-state index contributed by atoms with van der Waals surface area (Å²) in [6, 6.07) is 44.7. The summed E-state index contributed by atoms with van der Waals surface area (Å²) in [4.78, 5) is 4.85. The summed E-state index contributed by atoms with van der Waals surface area (Å²) in [6.07, 6.45) is 0.870. The highest BCUT2D eigenvalue weighted by molar-refractivity contribution is 6.09. The zero-order valence-electron chi connectivity index (χ0n) is 23.5. The molecule has 0 radical (unpaired) electrons. The van der Waals surface area contributed by atoms with Crippen LogP contribution in [0.2, 0.25) is 0 Å². The van der Waals surface area contributed by atoms with E-state index in [0.29, 0.717) is 0 Å². The van der Waals surface area contributed by atoms with Gasteiger partial charge in [-0.25, -0.2) is 4.98 Å². The molecule has 0 saturated carbocycles. The molecule has 6 aromatic carbocycles. The van der Waals surface area contributed by atoms with Crippen molar-refractivity contribution in [1.29, 1.82) is 0 Å². The van der Waals surface area contributed by atoms with E-state index in [4.69, 9.17) is 13.8 Å². The zero-order chi connectivity index (χ0) is 28.5. The molecule has 0 aliphatic heterocycles. The summed E-state index contributed by atoms with van der Waals surface area (Å²) in [5, 5.41) is 4.49. The largest absolute Gasteiger partial charge is 0.456 e. The first-order valence-corrected chi connectivity index (χ1v) is 14.7. The average Bonchev–Trinajstić information content (AvgIpc) is 3.75. The number of nitrogens with zero attached hydrogens (tertiary/aromatic N) is 2. The molecule has 0 amide bonds. The number of hydrogen-bond acceptors (Lipinski definition) is 3. The average molecular weight is 555 g/mol. The maximum absolute atomic E-state index is 6.26. The number of aromatic nitrogens is 2. The van der Waals surface area contributed by atoms with E-state index in [9.17, 15) is 0 Å². The highest BCUT2D eigenvalue weighted by Gasteiger charge is 2.14. The highest BCUT2D eigenvalue weighted by atomic mass is 16.3. The third-order valence-corrected chi connectivity index (χ3v) is 8.58. The van der Waals surface area contributed by atoms with E-state index in [1.54, 1.807) is 0 Å². The molecular formula is C39H26N2O2. The molecule has 0 atom stereocenters. The van der Waals surface area contributed by atoms with Gasteiger partial charge in [-0.15, -0.1) is 0 Å². The fourth-order valence-corrected chi connectivity index (χ4v) is 6.45. The second-order valence-electron chi connectivity index (χ2n) is 11.1. The minimum Gasteiger partial charge on any atom is -0.456 e. The summed E-state index contributed by atoms with van der Waals surface area (Å²) < 4.78 is 14.6. The summed E-state index contributed by atoms with van der Waals surface area (Å²) in [5.74, 6) is 1.07. The van der Waals surface area contributed by atoms with Crippen molar-refractivity contribution in [3.8, 4) is 27.9 Å². The van der Waals surface area contributed by atoms with E-state index in [1.165, 1.54) is 0 Å². The van der Waals surface area contributed by atoms with Crippen molar-refractivity contribution in [1.82, 2.24) is 9.55 Å². The van der Waals surface area contributed by atoms with E-state index in [1.807, 2.05) is 18.2 Å². The molecule has 9 rings (SSSR count). The van der Waals surface area contributed by atoms with Gasteiger partial charge < -0.3 is 8.83 Å². The zero-order valence-corrected chi connectivity index (χ0v) is 23.5. The molecule has 0 aliphatic carbocycles. The molecular weight excluding hydrogens is 528 g/mol. The smallest absolute Gasteiger partial charge is 0.135 e. The number of aryl methyl sites for hydroxylation is 1. The number of fused-ring (bicyclic) bond motifs is 7. The molecule has 3 aromatic heterocycles. The normalized spacial score (nSPS) is 11.9. The summed E-state index contributed by atoms with van der Waals surface area (Å²) in [5.41, 5.74) is 11.5. The number of para-hydroxylation sites is 3. The third-order valence-electron chi connectivity index (χ3n) is 8.58. The lowest BCUT2D eigenvalue weighted by molar-refractivity contribution is 0.668. The summed E-state index contributed by atoms with van der Waals surface area (Å²) >= 11 is 0. The van der Waals surface area contributed by atoms with Crippen LogP contribution in [-0.2, 0) is 6.42 Å². The molecule has 0 fully saturated rings. The van der Waals surface area contributed by atoms with Crippen LogP contribution in [0.1, 0.15) is 12.7 Å². The van der Waals surface area contributed by atoms with Crippen LogP contribution in [0.3, 0.4) is 0 Å². The monoisotopic (exact) mass is 554 g/mol. The highest BCUT2D eigenvalue weighted by Crippen LogP contribution is 2.37. The van der Waals surface area contributed by atoms with Gasteiger partial charge in [-0.1, -0.05) is 67.6 Å². The van der Waals surface area contributed by atoms with Gasteiger partial charge in [0, 0.05) is 33.7 Å². The van der Waals surface area contributed by atoms with Gasteiger partial charge in [0.25, 0.3) is 0 Å². The van der Waals surface area contributed by atoms with E-state index in [-0.39, 0.29) is 0 Å². The fraction of sp³-hybridized carbons (Fsp3) is 0.0513. The summed E-state index contributed by atoms with van der Waals surface area (Å²) in [7, 11) is 0. The molecule has 0 saturated heterocycles. The van der Waals surface area contributed by atoms with Gasteiger partial charge >= 0.3 is 0 Å². The Balaban J connectivity index is 1.12. The Morgan fingerprint density at radius 3 is 1.67 bits per heavy atom. The predicted molar refractivity (Wildman–Crippen MR) is 176 cm³/mol. The Kier molecular flexibility index (Phi) is 5.14. The molecule has 0 aliphatic rings. The number of benzene rings is 6. The van der Waals surface area contributed by atoms with Gasteiger partial charge in [-0.05, 0) is 89.0 Å². The number of rotatable bonds is 4. The molecule has 9 aromatic rings. The molecule has 3 heterocycles. The van der Waals surface area contributed by atoms with Crippen molar-refractivity contribution in [2.24, 2.45) is 0 Å². The number of furan rings is 2. The lowest BCUT2D eigenvalue weighted by atomic mass is 9.99. The van der Waals surface area contributed by atoms with Gasteiger partial charge in [-0.2, -0.15) is 0 Å². The van der Waals surface area contributed by atoms with Crippen LogP contribution in [0.15, 0.2) is 136 Å². The maximum Gasteiger partial charge on any atom is 0.135 e. The molecule has 4 heteroatoms. The van der Waals surface area contributed by atoms with Crippen LogP contribution in [-0.4, -0.2) is 9.55 Å². The van der Waals surface area contributed by atoms with Crippen LogP contribution in [0.25, 0.3) is 82.9 Å². The maximum atomic E-state index is 6.26. The first-order valence-electron chi connectivity index (χ1n) is 14.7. The van der Waals surface area contributed by atoms with Gasteiger partial charge in [0.1, 0.15) is 28.2 Å². The Bertz CT molecular complexity index is 2490. The topological polar surface area (TPSA) is 44.1 Å². The molecule has 0 bridgehead atoms. The minimum atomic E-state index is 0.870. The Labute approximate surface area is 247 Å². The van der Waals surface area contributed by atoms with E-state index < -0.39 is 0 Å². The van der Waals surface area contributed by atoms with Gasteiger partial charge in [0.15, 0.2) is 0 Å². The second kappa shape index (κ2) is 9.20. The van der Waals surface area contributed by atoms with Gasteiger partial charge in [0.05, 0.1) is 11.0 Å². The standard InChI is InChI=1S/C39H26N2O2/c1-2-39-40-33-8-4-5-9-34(33)41(39)28-16-11-24(12-17-28)25-13-18-37-31(21-25)32-23-27(15-20-38(32)43-37)26-14-19-36-30(22-26)29-7-3-6-10-35(29)42-36/h3-23H,2H2,1H3. The number of hydrogen-bond donors (Lipinski definition) is 0. The van der Waals surface area contributed by atoms with Crippen molar-refractivity contribution in [3.05, 3.63) is 133 Å². The van der Waals surface area contributed by atoms with Crippen molar-refractivity contribution in [3.63, 3.8) is 0 Å². The summed E-state index contributed by atoms with van der Waals surface area (Å²) in [6.45, 7) is 2.15. The Morgan fingerprint density at radius 1 is 0.512 bits per heavy atom. The van der Waals surface area contributed by atoms with Crippen LogP contribution < -0.4 is 0 Å². The first kappa shape index (κ1) is 24.0. The van der Waals surface area contributed by atoms with E-state index in [0.717, 1.165) is 95.1 Å². The third kappa shape index (κ3) is 3.73. The lowest BCUT2D eigenvalue weighted by Gasteiger charge is -2.10. The first-order chi connectivity index (χ1) is 21.2. The van der Waals surface area contributed by atoms with Crippen molar-refractivity contribution in [2.75, 3.05) is 0 Å². The molecule has 4 nitrogen and oxygen atoms in total. The lowest BCUT2D eigenvalue weighted by Crippen LogP contribution is -1.99. The Hall–Kier alpha value is -5.61. The quantitative estimate of drug-likeness (QED) is 0.217. The van der Waals surface area contributed by atoms with Crippen molar-refractivity contribution >= 4 is 54.9 Å². The van der Waals surface area contributed by atoms with Crippen LogP contribution in [0.5, 0.6) is 0 Å². The molecule has 0 unspecified atom stereocenters. The van der Waals surface area contributed by atoms with Crippen LogP contribution in [0.4, 0.5) is 0 Å². The van der Waals surface area contributed by atoms with Crippen molar-refractivity contribution in [2.45, 2.75) is 13.3 Å². The van der Waals surface area contributed by atoms with E-state index in [2.05, 4.69) is 121 Å². The van der Waals surface area contributed by atoms with Gasteiger partial charge in [0.2, 0.25) is 0 Å². The second-order valence-corrected chi connectivity index (χ2v) is 11.1. The van der Waals surface area contributed by atoms with E-state index >= 15 is 0 Å². The predicted octanol–water partition coefficient (Wildman–Crippen LogP) is 10.7. The number of imidazole rings is 1. The fourth-order valence-electron chi connectivity index (χ4n) is 6.45. The molecule has 0 N–H and O–H groups in total. The van der Waals surface area contributed by atoms with Crippen molar-refractivity contribution < 1.29 is 8.83 Å². The minimum absolute atomic E-state index is 0.870.